The molecule has 2 heterocycles. The van der Waals surface area contributed by atoms with Crippen molar-refractivity contribution in [2.75, 3.05) is 33.2 Å². The third-order valence-corrected chi connectivity index (χ3v) is 6.01. The van der Waals surface area contributed by atoms with Crippen molar-refractivity contribution in [3.8, 4) is 0 Å². The zero-order valence-electron chi connectivity index (χ0n) is 16.6. The van der Waals surface area contributed by atoms with Gasteiger partial charge in [0.25, 0.3) is 0 Å². The van der Waals surface area contributed by atoms with Crippen LogP contribution in [0, 0.1) is 11.8 Å². The first kappa shape index (κ1) is 19.4. The summed E-state index contributed by atoms with van der Waals surface area (Å²) in [6, 6.07) is 7.63. The monoisotopic (exact) mass is 374 g/mol. The molecule has 2 saturated heterocycles. The van der Waals surface area contributed by atoms with Crippen LogP contribution in [0.1, 0.15) is 31.4 Å². The number of ether oxygens (including phenoxy) is 1. The zero-order chi connectivity index (χ0) is 19.9. The van der Waals surface area contributed by atoms with Crippen molar-refractivity contribution in [3.63, 3.8) is 0 Å². The number of hydrogen-bond donors (Lipinski definition) is 1. The molecule has 0 bridgehead atoms. The molecule has 0 saturated carbocycles. The van der Waals surface area contributed by atoms with E-state index in [1.165, 1.54) is 19.1 Å². The second kappa shape index (κ2) is 6.96. The highest BCUT2D eigenvalue weighted by Crippen LogP contribution is 2.45. The molecule has 27 heavy (non-hydrogen) atoms. The Hall–Kier alpha value is -2.41. The van der Waals surface area contributed by atoms with Gasteiger partial charge in [-0.1, -0.05) is 19.1 Å². The predicted molar refractivity (Wildman–Crippen MR) is 99.8 cm³/mol. The molecule has 7 heteroatoms. The van der Waals surface area contributed by atoms with Crippen LogP contribution in [-0.2, 0) is 19.1 Å². The van der Waals surface area contributed by atoms with Gasteiger partial charge in [-0.3, -0.25) is 14.5 Å². The Morgan fingerprint density at radius 2 is 1.85 bits per heavy atom. The highest BCUT2D eigenvalue weighted by Gasteiger charge is 2.71. The van der Waals surface area contributed by atoms with Crippen LogP contribution >= 0.6 is 0 Å². The molecule has 2 amide bonds. The van der Waals surface area contributed by atoms with Crippen molar-refractivity contribution in [3.05, 3.63) is 29.8 Å². The van der Waals surface area contributed by atoms with E-state index in [0.29, 0.717) is 12.8 Å². The van der Waals surface area contributed by atoms with Crippen LogP contribution in [0.3, 0.4) is 0 Å². The SMILES string of the molecule is CCC[C@@]1(C(=O)OC)[NH2+][C@@H](c2ccc(N(C)C)cc2)[C@H]2C(=O)N(C)C(=O)[C@H]21. The van der Waals surface area contributed by atoms with Crippen LogP contribution in [-0.4, -0.2) is 56.5 Å². The number of esters is 1. The van der Waals surface area contributed by atoms with Gasteiger partial charge in [-0.25, -0.2) is 4.79 Å². The Kier molecular flexibility index (Phi) is 4.99. The van der Waals surface area contributed by atoms with Crippen LogP contribution in [0.25, 0.3) is 0 Å². The number of likely N-dealkylation sites (tertiary alicyclic amines) is 1. The van der Waals surface area contributed by atoms with Gasteiger partial charge < -0.3 is 15.0 Å². The van der Waals surface area contributed by atoms with Gasteiger partial charge in [0.1, 0.15) is 17.9 Å². The van der Waals surface area contributed by atoms with Gasteiger partial charge in [0, 0.05) is 38.8 Å². The molecule has 4 atom stereocenters. The summed E-state index contributed by atoms with van der Waals surface area (Å²) in [5.74, 6) is -2.18. The predicted octanol–water partition coefficient (Wildman–Crippen LogP) is 0.314. The largest absolute Gasteiger partial charge is 0.464 e. The van der Waals surface area contributed by atoms with Gasteiger partial charge in [-0.15, -0.1) is 0 Å². The lowest BCUT2D eigenvalue weighted by Gasteiger charge is -2.28. The minimum absolute atomic E-state index is 0.218. The van der Waals surface area contributed by atoms with Crippen molar-refractivity contribution in [2.45, 2.75) is 31.3 Å². The number of carbonyl (C=O) groups excluding carboxylic acids is 3. The molecule has 2 N–H and O–H groups in total. The Balaban J connectivity index is 2.09. The average Bonchev–Trinajstić information content (AvgIpc) is 3.12. The first-order valence-electron chi connectivity index (χ1n) is 9.31. The van der Waals surface area contributed by atoms with Crippen LogP contribution in [0.4, 0.5) is 5.69 Å². The number of methoxy groups -OCH3 is 1. The average molecular weight is 374 g/mol. The number of nitrogens with two attached hydrogens (primary N) is 1. The van der Waals surface area contributed by atoms with Gasteiger partial charge in [0.15, 0.2) is 0 Å². The summed E-state index contributed by atoms with van der Waals surface area (Å²) in [7, 11) is 6.77. The number of amides is 2. The van der Waals surface area contributed by atoms with E-state index in [1.54, 1.807) is 0 Å². The second-order valence-corrected chi connectivity index (χ2v) is 7.70. The van der Waals surface area contributed by atoms with Crippen molar-refractivity contribution < 1.29 is 24.4 Å². The van der Waals surface area contributed by atoms with Gasteiger partial charge in [-0.2, -0.15) is 0 Å². The number of benzene rings is 1. The van der Waals surface area contributed by atoms with E-state index in [4.69, 9.17) is 4.74 Å². The number of hydrogen-bond acceptors (Lipinski definition) is 5. The van der Waals surface area contributed by atoms with E-state index >= 15 is 0 Å². The topological polar surface area (TPSA) is 83.5 Å². The van der Waals surface area contributed by atoms with Gasteiger partial charge in [-0.05, 0) is 18.6 Å². The fourth-order valence-corrected chi connectivity index (χ4v) is 4.70. The molecule has 0 unspecified atom stereocenters. The summed E-state index contributed by atoms with van der Waals surface area (Å²) in [6.45, 7) is 1.97. The fourth-order valence-electron chi connectivity index (χ4n) is 4.70. The number of anilines is 1. The van der Waals surface area contributed by atoms with E-state index in [-0.39, 0.29) is 17.9 Å². The Labute approximate surface area is 159 Å². The van der Waals surface area contributed by atoms with Crippen LogP contribution < -0.4 is 10.2 Å². The Morgan fingerprint density at radius 1 is 1.22 bits per heavy atom. The minimum atomic E-state index is -1.06. The third kappa shape index (κ3) is 2.81. The molecule has 3 rings (SSSR count). The first-order valence-corrected chi connectivity index (χ1v) is 9.31. The number of rotatable bonds is 5. The summed E-state index contributed by atoms with van der Waals surface area (Å²) in [5.41, 5.74) is 0.928. The van der Waals surface area contributed by atoms with Gasteiger partial charge in [0.2, 0.25) is 17.4 Å². The van der Waals surface area contributed by atoms with E-state index in [0.717, 1.165) is 11.3 Å². The van der Waals surface area contributed by atoms with E-state index in [1.807, 2.05) is 55.5 Å². The summed E-state index contributed by atoms with van der Waals surface area (Å²) in [6.07, 6.45) is 1.20. The van der Waals surface area contributed by atoms with Crippen molar-refractivity contribution in [1.29, 1.82) is 0 Å². The zero-order valence-corrected chi connectivity index (χ0v) is 16.6. The van der Waals surface area contributed by atoms with Crippen LogP contribution in [0.15, 0.2) is 24.3 Å². The summed E-state index contributed by atoms with van der Waals surface area (Å²) in [4.78, 5) is 41.8. The lowest BCUT2D eigenvalue weighted by molar-refractivity contribution is -0.735. The maximum atomic E-state index is 12.9. The molecule has 1 aromatic rings. The summed E-state index contributed by atoms with van der Waals surface area (Å²) in [5, 5.41) is 1.91. The van der Waals surface area contributed by atoms with Crippen molar-refractivity contribution in [2.24, 2.45) is 11.8 Å². The normalized spacial score (nSPS) is 29.8. The minimum Gasteiger partial charge on any atom is -0.464 e. The molecule has 2 aliphatic heterocycles. The molecule has 1 aromatic carbocycles. The Bertz CT molecular complexity index is 761. The summed E-state index contributed by atoms with van der Waals surface area (Å²) < 4.78 is 5.09. The molecule has 0 aromatic heterocycles. The van der Waals surface area contributed by atoms with E-state index in [9.17, 15) is 14.4 Å². The molecular weight excluding hydrogens is 346 g/mol. The Morgan fingerprint density at radius 3 is 2.37 bits per heavy atom. The van der Waals surface area contributed by atoms with Gasteiger partial charge >= 0.3 is 5.97 Å². The molecule has 7 nitrogen and oxygen atoms in total. The van der Waals surface area contributed by atoms with Crippen molar-refractivity contribution >= 4 is 23.5 Å². The first-order chi connectivity index (χ1) is 12.8. The number of nitrogens with zero attached hydrogens (tertiary/aromatic N) is 2. The molecule has 2 fully saturated rings. The smallest absolute Gasteiger partial charge is 0.368 e. The third-order valence-electron chi connectivity index (χ3n) is 6.01. The molecule has 146 valence electrons. The number of imide groups is 1. The van der Waals surface area contributed by atoms with Crippen LogP contribution in [0.2, 0.25) is 0 Å². The number of fused-ring (bicyclic) bond motifs is 1. The highest BCUT2D eigenvalue weighted by molar-refractivity contribution is 6.08. The molecular formula is C20H28N3O4+. The van der Waals surface area contributed by atoms with Crippen LogP contribution in [0.5, 0.6) is 0 Å². The maximum Gasteiger partial charge on any atom is 0.368 e. The molecule has 0 radical (unpaired) electrons. The quantitative estimate of drug-likeness (QED) is 0.593. The molecule has 2 aliphatic rings. The lowest BCUT2D eigenvalue weighted by atomic mass is 9.77. The fraction of sp³-hybridized carbons (Fsp3) is 0.550. The standard InChI is InChI=1S/C20H27N3O4/c1-6-11-20(19(26)27-5)15-14(17(24)23(4)18(15)25)16(21-20)12-7-9-13(10-8-12)22(2)3/h7-10,14-16,21H,6,11H2,1-5H3/p+1/t14-,15-,16-,20+/m0/s1. The molecule has 0 spiro atoms. The van der Waals surface area contributed by atoms with E-state index in [2.05, 4.69) is 0 Å². The summed E-state index contributed by atoms with van der Waals surface area (Å²) >= 11 is 0. The molecule has 0 aliphatic carbocycles. The maximum absolute atomic E-state index is 12.9. The van der Waals surface area contributed by atoms with Gasteiger partial charge in [0.05, 0.1) is 7.11 Å². The number of carbonyl (C=O) groups is 3. The lowest BCUT2D eigenvalue weighted by Crippen LogP contribution is -2.98. The van der Waals surface area contributed by atoms with Crippen molar-refractivity contribution in [1.82, 2.24) is 4.90 Å². The van der Waals surface area contributed by atoms with E-state index < -0.39 is 23.3 Å². The highest BCUT2D eigenvalue weighted by atomic mass is 16.5. The number of quaternary nitrogens is 1. The second-order valence-electron chi connectivity index (χ2n) is 7.70.